The molecule has 0 aromatic heterocycles. The highest BCUT2D eigenvalue weighted by molar-refractivity contribution is 5.74. The molecular formula is C19H28O3. The highest BCUT2D eigenvalue weighted by Crippen LogP contribution is 2.46. The van der Waals surface area contributed by atoms with Crippen molar-refractivity contribution in [2.75, 3.05) is 13.7 Å². The van der Waals surface area contributed by atoms with E-state index in [2.05, 4.69) is 26.0 Å². The van der Waals surface area contributed by atoms with E-state index < -0.39 is 0 Å². The van der Waals surface area contributed by atoms with Crippen LogP contribution >= 0.6 is 0 Å². The first-order chi connectivity index (χ1) is 10.5. The quantitative estimate of drug-likeness (QED) is 0.730. The van der Waals surface area contributed by atoms with Crippen LogP contribution in [0.4, 0.5) is 0 Å². The second-order valence-corrected chi connectivity index (χ2v) is 6.71. The lowest BCUT2D eigenvalue weighted by molar-refractivity contribution is -0.148. The van der Waals surface area contributed by atoms with Crippen LogP contribution in [0.2, 0.25) is 0 Å². The van der Waals surface area contributed by atoms with Gasteiger partial charge in [0.1, 0.15) is 5.75 Å². The Morgan fingerprint density at radius 1 is 1.23 bits per heavy atom. The molecule has 1 aromatic carbocycles. The van der Waals surface area contributed by atoms with E-state index in [9.17, 15) is 4.79 Å². The molecule has 0 spiro atoms. The fraction of sp³-hybridized carbons (Fsp3) is 0.632. The third-order valence-corrected chi connectivity index (χ3v) is 4.60. The SMILES string of the molecule is CCOC(=O)[C@H]1C[C@@H](CC(C)C)C[C@H]1c1ccc(OC)cc1. The molecule has 122 valence electrons. The standard InChI is InChI=1S/C19H28O3/c1-5-22-19(20)18-12-14(10-13(2)3)11-17(18)15-6-8-16(21-4)9-7-15/h6-9,13-14,17-18H,5,10-12H2,1-4H3/t14-,17-,18-/m0/s1. The van der Waals surface area contributed by atoms with Crippen LogP contribution in [-0.2, 0) is 9.53 Å². The Morgan fingerprint density at radius 3 is 2.45 bits per heavy atom. The molecule has 0 aliphatic heterocycles. The summed E-state index contributed by atoms with van der Waals surface area (Å²) in [6, 6.07) is 8.14. The molecule has 3 atom stereocenters. The molecule has 3 nitrogen and oxygen atoms in total. The predicted molar refractivity (Wildman–Crippen MR) is 88.0 cm³/mol. The average molecular weight is 304 g/mol. The number of ether oxygens (including phenoxy) is 2. The van der Waals surface area contributed by atoms with Gasteiger partial charge in [-0.05, 0) is 61.6 Å². The molecule has 0 saturated heterocycles. The smallest absolute Gasteiger partial charge is 0.309 e. The van der Waals surface area contributed by atoms with Crippen LogP contribution in [0, 0.1) is 17.8 Å². The third kappa shape index (κ3) is 4.02. The lowest BCUT2D eigenvalue weighted by Crippen LogP contribution is -2.20. The average Bonchev–Trinajstić information content (AvgIpc) is 2.90. The van der Waals surface area contributed by atoms with E-state index >= 15 is 0 Å². The van der Waals surface area contributed by atoms with Crippen molar-refractivity contribution in [3.8, 4) is 5.75 Å². The molecule has 1 aromatic rings. The summed E-state index contributed by atoms with van der Waals surface area (Å²) in [6.45, 7) is 6.83. The summed E-state index contributed by atoms with van der Waals surface area (Å²) in [6.07, 6.45) is 3.21. The maximum Gasteiger partial charge on any atom is 0.309 e. The summed E-state index contributed by atoms with van der Waals surface area (Å²) in [7, 11) is 1.67. The molecule has 22 heavy (non-hydrogen) atoms. The number of hydrogen-bond donors (Lipinski definition) is 0. The monoisotopic (exact) mass is 304 g/mol. The molecule has 0 unspecified atom stereocenters. The summed E-state index contributed by atoms with van der Waals surface area (Å²) in [5.74, 6) is 2.37. The minimum Gasteiger partial charge on any atom is -0.497 e. The normalized spacial score (nSPS) is 24.5. The Morgan fingerprint density at radius 2 is 1.91 bits per heavy atom. The lowest BCUT2D eigenvalue weighted by atomic mass is 9.88. The Labute approximate surface area is 134 Å². The van der Waals surface area contributed by atoms with Crippen LogP contribution in [0.5, 0.6) is 5.75 Å². The summed E-state index contributed by atoms with van der Waals surface area (Å²) < 4.78 is 10.5. The Bertz CT molecular complexity index is 478. The molecule has 2 rings (SSSR count). The van der Waals surface area contributed by atoms with Crippen LogP contribution in [0.1, 0.15) is 51.5 Å². The van der Waals surface area contributed by atoms with Gasteiger partial charge in [0.15, 0.2) is 0 Å². The number of methoxy groups -OCH3 is 1. The maximum atomic E-state index is 12.3. The number of esters is 1. The molecule has 0 bridgehead atoms. The van der Waals surface area contributed by atoms with E-state index in [1.807, 2.05) is 19.1 Å². The summed E-state index contributed by atoms with van der Waals surface area (Å²) >= 11 is 0. The van der Waals surface area contributed by atoms with E-state index in [-0.39, 0.29) is 17.8 Å². The van der Waals surface area contributed by atoms with Crippen molar-refractivity contribution >= 4 is 5.97 Å². The zero-order chi connectivity index (χ0) is 16.1. The molecule has 3 heteroatoms. The number of carbonyl (C=O) groups excluding carboxylic acids is 1. The minimum atomic E-state index is -0.0328. The van der Waals surface area contributed by atoms with E-state index in [1.54, 1.807) is 7.11 Å². The third-order valence-electron chi connectivity index (χ3n) is 4.60. The van der Waals surface area contributed by atoms with Crippen LogP contribution in [0.15, 0.2) is 24.3 Å². The second-order valence-electron chi connectivity index (χ2n) is 6.71. The first-order valence-electron chi connectivity index (χ1n) is 8.35. The van der Waals surface area contributed by atoms with Gasteiger partial charge in [-0.2, -0.15) is 0 Å². The fourth-order valence-corrected chi connectivity index (χ4v) is 3.73. The van der Waals surface area contributed by atoms with Gasteiger partial charge in [-0.1, -0.05) is 26.0 Å². The van der Waals surface area contributed by atoms with Gasteiger partial charge < -0.3 is 9.47 Å². The van der Waals surface area contributed by atoms with Crippen molar-refractivity contribution in [2.24, 2.45) is 17.8 Å². The topological polar surface area (TPSA) is 35.5 Å². The molecule has 0 N–H and O–H groups in total. The van der Waals surface area contributed by atoms with Crippen molar-refractivity contribution in [3.63, 3.8) is 0 Å². The van der Waals surface area contributed by atoms with Crippen molar-refractivity contribution in [3.05, 3.63) is 29.8 Å². The molecule has 1 aliphatic carbocycles. The molecule has 1 aliphatic rings. The van der Waals surface area contributed by atoms with Crippen molar-refractivity contribution < 1.29 is 14.3 Å². The zero-order valence-corrected chi connectivity index (χ0v) is 14.2. The number of carbonyl (C=O) groups is 1. The molecular weight excluding hydrogens is 276 g/mol. The zero-order valence-electron chi connectivity index (χ0n) is 14.2. The van der Waals surface area contributed by atoms with Gasteiger partial charge in [-0.15, -0.1) is 0 Å². The highest BCUT2D eigenvalue weighted by atomic mass is 16.5. The Balaban J connectivity index is 2.17. The van der Waals surface area contributed by atoms with E-state index in [0.29, 0.717) is 18.4 Å². The largest absolute Gasteiger partial charge is 0.497 e. The van der Waals surface area contributed by atoms with Gasteiger partial charge >= 0.3 is 5.97 Å². The fourth-order valence-electron chi connectivity index (χ4n) is 3.73. The summed E-state index contributed by atoms with van der Waals surface area (Å²) in [4.78, 5) is 12.3. The summed E-state index contributed by atoms with van der Waals surface area (Å²) in [5, 5.41) is 0. The van der Waals surface area contributed by atoms with Crippen molar-refractivity contribution in [1.82, 2.24) is 0 Å². The van der Waals surface area contributed by atoms with Gasteiger partial charge in [0.25, 0.3) is 0 Å². The predicted octanol–water partition coefficient (Wildman–Crippen LogP) is 4.41. The Hall–Kier alpha value is -1.51. The maximum absolute atomic E-state index is 12.3. The Kier molecular flexibility index (Phi) is 5.87. The number of rotatable bonds is 6. The van der Waals surface area contributed by atoms with Crippen molar-refractivity contribution in [1.29, 1.82) is 0 Å². The van der Waals surface area contributed by atoms with Crippen molar-refractivity contribution in [2.45, 2.75) is 46.0 Å². The van der Waals surface area contributed by atoms with Gasteiger partial charge in [-0.3, -0.25) is 4.79 Å². The molecule has 0 heterocycles. The van der Waals surface area contributed by atoms with Crippen LogP contribution in [-0.4, -0.2) is 19.7 Å². The van der Waals surface area contributed by atoms with Crippen LogP contribution in [0.3, 0.4) is 0 Å². The van der Waals surface area contributed by atoms with Crippen LogP contribution < -0.4 is 4.74 Å². The van der Waals surface area contributed by atoms with Gasteiger partial charge in [0, 0.05) is 0 Å². The molecule has 1 fully saturated rings. The number of benzene rings is 1. The first kappa shape index (κ1) is 16.9. The van der Waals surface area contributed by atoms with Gasteiger partial charge in [-0.25, -0.2) is 0 Å². The highest BCUT2D eigenvalue weighted by Gasteiger charge is 2.40. The first-order valence-corrected chi connectivity index (χ1v) is 8.35. The van der Waals surface area contributed by atoms with Gasteiger partial charge in [0.05, 0.1) is 19.6 Å². The second kappa shape index (κ2) is 7.66. The van der Waals surface area contributed by atoms with Gasteiger partial charge in [0.2, 0.25) is 0 Å². The molecule has 1 saturated carbocycles. The van der Waals surface area contributed by atoms with Crippen LogP contribution in [0.25, 0.3) is 0 Å². The molecule has 0 amide bonds. The minimum absolute atomic E-state index is 0.00269. The van der Waals surface area contributed by atoms with E-state index in [1.165, 1.54) is 12.0 Å². The number of hydrogen-bond acceptors (Lipinski definition) is 3. The molecule has 0 radical (unpaired) electrons. The van der Waals surface area contributed by atoms with E-state index in [4.69, 9.17) is 9.47 Å². The lowest BCUT2D eigenvalue weighted by Gasteiger charge is -2.18. The van der Waals surface area contributed by atoms with E-state index in [0.717, 1.165) is 18.6 Å². The summed E-state index contributed by atoms with van der Waals surface area (Å²) in [5.41, 5.74) is 1.23.